The largest absolute Gasteiger partial charge is 0.299 e. The van der Waals surface area contributed by atoms with Crippen molar-refractivity contribution in [1.82, 2.24) is 4.90 Å². The van der Waals surface area contributed by atoms with Gasteiger partial charge in [0.1, 0.15) is 0 Å². The third-order valence-electron chi connectivity index (χ3n) is 5.60. The fourth-order valence-electron chi connectivity index (χ4n) is 3.47. The SMILES string of the molecule is CC(CCC(C#N)(c1ccc(Br)c(Br)c1)C(C)C)N(C)Cc1ccccc1. The molecule has 0 fully saturated rings. The third-order valence-corrected chi connectivity index (χ3v) is 7.48. The second-order valence-corrected chi connectivity index (χ2v) is 9.36. The highest BCUT2D eigenvalue weighted by Crippen LogP contribution is 2.39. The molecule has 0 saturated heterocycles. The molecule has 0 aromatic heterocycles. The van der Waals surface area contributed by atoms with Crippen molar-refractivity contribution in [1.29, 1.82) is 5.26 Å². The molecular formula is C23H28Br2N2. The Morgan fingerprint density at radius 1 is 1.04 bits per heavy atom. The molecule has 2 aromatic rings. The topological polar surface area (TPSA) is 27.0 Å². The Bertz CT molecular complexity index is 783. The molecule has 144 valence electrons. The van der Waals surface area contributed by atoms with E-state index in [0.717, 1.165) is 33.9 Å². The molecule has 2 aromatic carbocycles. The Hall–Kier alpha value is -1.15. The maximum Gasteiger partial charge on any atom is 0.0846 e. The molecule has 0 N–H and O–H groups in total. The van der Waals surface area contributed by atoms with Crippen LogP contribution in [0.3, 0.4) is 0 Å². The lowest BCUT2D eigenvalue weighted by molar-refractivity contribution is 0.216. The van der Waals surface area contributed by atoms with Gasteiger partial charge in [-0.1, -0.05) is 50.2 Å². The highest BCUT2D eigenvalue weighted by atomic mass is 79.9. The lowest BCUT2D eigenvalue weighted by Crippen LogP contribution is -2.35. The van der Waals surface area contributed by atoms with E-state index < -0.39 is 5.41 Å². The first-order valence-electron chi connectivity index (χ1n) is 9.41. The van der Waals surface area contributed by atoms with Gasteiger partial charge in [-0.2, -0.15) is 5.26 Å². The predicted octanol–water partition coefficient (Wildman–Crippen LogP) is 6.93. The molecule has 2 atom stereocenters. The molecule has 0 aliphatic carbocycles. The molecule has 0 amide bonds. The van der Waals surface area contributed by atoms with E-state index in [2.05, 4.69) is 107 Å². The van der Waals surface area contributed by atoms with Crippen molar-refractivity contribution < 1.29 is 0 Å². The summed E-state index contributed by atoms with van der Waals surface area (Å²) in [7, 11) is 2.16. The summed E-state index contributed by atoms with van der Waals surface area (Å²) in [5.41, 5.74) is 1.93. The minimum absolute atomic E-state index is 0.238. The molecule has 0 saturated carbocycles. The highest BCUT2D eigenvalue weighted by Gasteiger charge is 2.36. The molecule has 27 heavy (non-hydrogen) atoms. The Morgan fingerprint density at radius 2 is 1.70 bits per heavy atom. The first-order chi connectivity index (χ1) is 12.8. The standard InChI is InChI=1S/C23H28Br2N2/c1-17(2)23(16-26,20-10-11-21(24)22(25)14-20)13-12-18(3)27(4)15-19-8-6-5-7-9-19/h5-11,14,17-18H,12-13,15H2,1-4H3. The van der Waals surface area contributed by atoms with Crippen LogP contribution in [0.5, 0.6) is 0 Å². The molecule has 4 heteroatoms. The van der Waals surface area contributed by atoms with Crippen molar-refractivity contribution in [3.63, 3.8) is 0 Å². The fourth-order valence-corrected chi connectivity index (χ4v) is 4.10. The van der Waals surface area contributed by atoms with E-state index in [0.29, 0.717) is 6.04 Å². The quantitative estimate of drug-likeness (QED) is 0.400. The van der Waals surface area contributed by atoms with Crippen LogP contribution in [0, 0.1) is 17.2 Å². The van der Waals surface area contributed by atoms with Crippen LogP contribution in [-0.4, -0.2) is 18.0 Å². The number of hydrogen-bond donors (Lipinski definition) is 0. The van der Waals surface area contributed by atoms with Gasteiger partial charge in [0.15, 0.2) is 0 Å². The smallest absolute Gasteiger partial charge is 0.0846 e. The van der Waals surface area contributed by atoms with E-state index in [4.69, 9.17) is 0 Å². The normalized spacial score (nSPS) is 14.8. The first-order valence-corrected chi connectivity index (χ1v) is 11.0. The van der Waals surface area contributed by atoms with Gasteiger partial charge in [-0.05, 0) is 87.9 Å². The van der Waals surface area contributed by atoms with Crippen LogP contribution in [0.4, 0.5) is 0 Å². The Balaban J connectivity index is 2.14. The lowest BCUT2D eigenvalue weighted by Gasteiger charge is -2.34. The zero-order valence-electron chi connectivity index (χ0n) is 16.5. The minimum atomic E-state index is -0.481. The summed E-state index contributed by atoms with van der Waals surface area (Å²) < 4.78 is 2.01. The van der Waals surface area contributed by atoms with E-state index in [1.807, 2.05) is 12.1 Å². The van der Waals surface area contributed by atoms with Crippen molar-refractivity contribution in [3.05, 3.63) is 68.6 Å². The fraction of sp³-hybridized carbons (Fsp3) is 0.435. The summed E-state index contributed by atoms with van der Waals surface area (Å²) >= 11 is 7.12. The van der Waals surface area contributed by atoms with Crippen molar-refractivity contribution in [3.8, 4) is 6.07 Å². The Morgan fingerprint density at radius 3 is 2.26 bits per heavy atom. The van der Waals surface area contributed by atoms with Crippen LogP contribution < -0.4 is 0 Å². The Labute approximate surface area is 180 Å². The second kappa shape index (κ2) is 9.87. The average Bonchev–Trinajstić information content (AvgIpc) is 2.65. The lowest BCUT2D eigenvalue weighted by atomic mass is 9.69. The molecule has 0 aliphatic rings. The van der Waals surface area contributed by atoms with Crippen LogP contribution in [-0.2, 0) is 12.0 Å². The molecule has 0 radical (unpaired) electrons. The molecule has 2 nitrogen and oxygen atoms in total. The van der Waals surface area contributed by atoms with Crippen LogP contribution >= 0.6 is 31.9 Å². The maximum atomic E-state index is 10.2. The number of benzene rings is 2. The van der Waals surface area contributed by atoms with Crippen LogP contribution in [0.1, 0.15) is 44.7 Å². The van der Waals surface area contributed by atoms with Crippen LogP contribution in [0.15, 0.2) is 57.5 Å². The summed E-state index contributed by atoms with van der Waals surface area (Å²) in [4.78, 5) is 2.37. The van der Waals surface area contributed by atoms with Crippen LogP contribution in [0.2, 0.25) is 0 Å². The summed E-state index contributed by atoms with van der Waals surface area (Å²) in [5.74, 6) is 0.238. The number of nitriles is 1. The first kappa shape index (κ1) is 22.1. The van der Waals surface area contributed by atoms with Crippen molar-refractivity contribution >= 4 is 31.9 Å². The number of rotatable bonds is 8. The molecule has 0 spiro atoms. The number of halogens is 2. The van der Waals surface area contributed by atoms with Crippen molar-refractivity contribution in [2.75, 3.05) is 7.05 Å². The summed E-state index contributed by atoms with van der Waals surface area (Å²) in [6.07, 6.45) is 1.82. The maximum absolute atomic E-state index is 10.2. The van der Waals surface area contributed by atoms with E-state index >= 15 is 0 Å². The second-order valence-electron chi connectivity index (χ2n) is 7.66. The molecule has 2 unspecified atom stereocenters. The van der Waals surface area contributed by atoms with E-state index in [1.54, 1.807) is 0 Å². The minimum Gasteiger partial charge on any atom is -0.299 e. The highest BCUT2D eigenvalue weighted by molar-refractivity contribution is 9.13. The van der Waals surface area contributed by atoms with Gasteiger partial charge >= 0.3 is 0 Å². The number of nitrogens with zero attached hydrogens (tertiary/aromatic N) is 2. The Kier molecular flexibility index (Phi) is 8.09. The average molecular weight is 492 g/mol. The summed E-state index contributed by atoms with van der Waals surface area (Å²) in [6, 6.07) is 19.8. The van der Waals surface area contributed by atoms with Gasteiger partial charge in [0.2, 0.25) is 0 Å². The third kappa shape index (κ3) is 5.44. The molecular weight excluding hydrogens is 464 g/mol. The monoisotopic (exact) mass is 490 g/mol. The van der Waals surface area contributed by atoms with Crippen molar-refractivity contribution in [2.45, 2.75) is 51.6 Å². The summed E-state index contributed by atoms with van der Waals surface area (Å²) in [6.45, 7) is 7.48. The van der Waals surface area contributed by atoms with Gasteiger partial charge in [-0.15, -0.1) is 0 Å². The van der Waals surface area contributed by atoms with Gasteiger partial charge in [0.05, 0.1) is 11.5 Å². The summed E-state index contributed by atoms with van der Waals surface area (Å²) in [5, 5.41) is 10.2. The van der Waals surface area contributed by atoms with E-state index in [9.17, 15) is 5.26 Å². The van der Waals surface area contributed by atoms with E-state index in [-0.39, 0.29) is 5.92 Å². The zero-order valence-corrected chi connectivity index (χ0v) is 19.7. The van der Waals surface area contributed by atoms with Gasteiger partial charge in [-0.25, -0.2) is 0 Å². The zero-order chi connectivity index (χ0) is 20.0. The van der Waals surface area contributed by atoms with Gasteiger partial charge in [-0.3, -0.25) is 4.90 Å². The molecule has 0 heterocycles. The predicted molar refractivity (Wildman–Crippen MR) is 121 cm³/mol. The van der Waals surface area contributed by atoms with Crippen molar-refractivity contribution in [2.24, 2.45) is 5.92 Å². The molecule has 2 rings (SSSR count). The van der Waals surface area contributed by atoms with E-state index in [1.165, 1.54) is 5.56 Å². The number of hydrogen-bond acceptors (Lipinski definition) is 2. The van der Waals surface area contributed by atoms with Gasteiger partial charge < -0.3 is 0 Å². The van der Waals surface area contributed by atoms with Crippen LogP contribution in [0.25, 0.3) is 0 Å². The molecule has 0 aliphatic heterocycles. The molecule has 0 bridgehead atoms. The van der Waals surface area contributed by atoms with Gasteiger partial charge in [0.25, 0.3) is 0 Å². The van der Waals surface area contributed by atoms with Gasteiger partial charge in [0, 0.05) is 21.5 Å².